The lowest BCUT2D eigenvalue weighted by molar-refractivity contribution is -0.137. The average Bonchev–Trinajstić information content (AvgIpc) is 3.11. The number of anilines is 2. The van der Waals surface area contributed by atoms with Gasteiger partial charge in [0, 0.05) is 5.69 Å². The van der Waals surface area contributed by atoms with Gasteiger partial charge in [-0.05, 0) is 42.5 Å². The summed E-state index contributed by atoms with van der Waals surface area (Å²) in [7, 11) is 1.58. The summed E-state index contributed by atoms with van der Waals surface area (Å²) < 4.78 is 44.9. The molecule has 0 fully saturated rings. The molecular weight excluding hydrogens is 469 g/mol. The number of carbonyl (C=O) groups is 1. The van der Waals surface area contributed by atoms with E-state index in [-0.39, 0.29) is 28.2 Å². The van der Waals surface area contributed by atoms with Crippen molar-refractivity contribution in [1.29, 1.82) is 0 Å². The van der Waals surface area contributed by atoms with Crippen molar-refractivity contribution in [3.05, 3.63) is 58.9 Å². The molecule has 4 N–H and O–H groups in total. The molecule has 1 amide bonds. The zero-order chi connectivity index (χ0) is 23.3. The van der Waals surface area contributed by atoms with Crippen LogP contribution in [-0.4, -0.2) is 33.6 Å². The van der Waals surface area contributed by atoms with Crippen molar-refractivity contribution >= 4 is 40.6 Å². The first kappa shape index (κ1) is 23.5. The largest absolute Gasteiger partial charge is 0.497 e. The number of carbonyl (C=O) groups excluding carboxylic acids is 1. The summed E-state index contributed by atoms with van der Waals surface area (Å²) in [5, 5.41) is 13.7. The molecule has 3 aromatic rings. The van der Waals surface area contributed by atoms with Crippen LogP contribution in [-0.2, 0) is 17.5 Å². The number of nitrogens with one attached hydrogen (secondary N) is 2. The molecule has 0 atom stereocenters. The van der Waals surface area contributed by atoms with Crippen molar-refractivity contribution in [3.8, 4) is 5.75 Å². The second-order valence-electron chi connectivity index (χ2n) is 6.38. The van der Waals surface area contributed by atoms with Crippen molar-refractivity contribution in [1.82, 2.24) is 14.9 Å². The number of nitrogens with two attached hydrogens (primary N) is 1. The van der Waals surface area contributed by atoms with Gasteiger partial charge in [-0.1, -0.05) is 23.4 Å². The van der Waals surface area contributed by atoms with E-state index in [4.69, 9.17) is 22.2 Å². The molecule has 0 radical (unpaired) electrons. The van der Waals surface area contributed by atoms with E-state index in [0.717, 1.165) is 41.4 Å². The highest BCUT2D eigenvalue weighted by Crippen LogP contribution is 2.34. The Morgan fingerprint density at radius 3 is 2.59 bits per heavy atom. The summed E-state index contributed by atoms with van der Waals surface area (Å²) >= 11 is 6.87. The topological polar surface area (TPSA) is 107 Å². The number of halogens is 4. The molecule has 1 aromatic heterocycles. The Kier molecular flexibility index (Phi) is 7.36. The van der Waals surface area contributed by atoms with Crippen LogP contribution >= 0.6 is 23.4 Å². The predicted octanol–water partition coefficient (Wildman–Crippen LogP) is 4.02. The Morgan fingerprint density at radius 2 is 1.94 bits per heavy atom. The van der Waals surface area contributed by atoms with E-state index in [1.165, 1.54) is 4.68 Å². The lowest BCUT2D eigenvalue weighted by atomic mass is 10.2. The third-order valence-corrected chi connectivity index (χ3v) is 5.45. The number of ether oxygens (including phenoxy) is 1. The lowest BCUT2D eigenvalue weighted by Gasteiger charge is -2.11. The molecule has 1 heterocycles. The van der Waals surface area contributed by atoms with Crippen LogP contribution in [0.25, 0.3) is 0 Å². The number of nitrogen functional groups attached to an aromatic ring is 1. The lowest BCUT2D eigenvalue weighted by Crippen LogP contribution is -2.19. The summed E-state index contributed by atoms with van der Waals surface area (Å²) in [5.74, 6) is 6.39. The van der Waals surface area contributed by atoms with Gasteiger partial charge in [0.2, 0.25) is 11.1 Å². The summed E-state index contributed by atoms with van der Waals surface area (Å²) in [5.41, 5.74) is -0.230. The van der Waals surface area contributed by atoms with E-state index in [1.807, 2.05) is 12.1 Å². The first-order valence-electron chi connectivity index (χ1n) is 9.04. The van der Waals surface area contributed by atoms with Crippen molar-refractivity contribution in [2.45, 2.75) is 17.9 Å². The average molecular weight is 487 g/mol. The van der Waals surface area contributed by atoms with Crippen LogP contribution in [0.2, 0.25) is 5.02 Å². The third-order valence-electron chi connectivity index (χ3n) is 4.18. The fourth-order valence-electron chi connectivity index (χ4n) is 2.53. The number of rotatable bonds is 8. The van der Waals surface area contributed by atoms with Gasteiger partial charge in [-0.15, -0.1) is 10.2 Å². The van der Waals surface area contributed by atoms with E-state index in [2.05, 4.69) is 20.8 Å². The molecule has 0 aliphatic carbocycles. The maximum absolute atomic E-state index is 12.9. The second-order valence-corrected chi connectivity index (χ2v) is 7.73. The molecular formula is C19H18ClF3N6O2S. The Balaban J connectivity index is 1.56. The summed E-state index contributed by atoms with van der Waals surface area (Å²) in [6, 6.07) is 9.94. The smallest absolute Gasteiger partial charge is 0.416 e. The zero-order valence-corrected chi connectivity index (χ0v) is 18.2. The minimum atomic E-state index is -4.55. The van der Waals surface area contributed by atoms with Crippen LogP contribution in [0.3, 0.4) is 0 Å². The predicted molar refractivity (Wildman–Crippen MR) is 116 cm³/mol. The van der Waals surface area contributed by atoms with Gasteiger partial charge in [0.25, 0.3) is 0 Å². The molecule has 2 aromatic carbocycles. The molecule has 0 spiro atoms. The van der Waals surface area contributed by atoms with Crippen LogP contribution in [0.5, 0.6) is 5.75 Å². The Morgan fingerprint density at radius 1 is 1.22 bits per heavy atom. The minimum absolute atomic E-state index is 0.00904. The van der Waals surface area contributed by atoms with Crippen LogP contribution in [0.15, 0.2) is 47.6 Å². The van der Waals surface area contributed by atoms with Crippen molar-refractivity contribution in [2.75, 3.05) is 29.3 Å². The van der Waals surface area contributed by atoms with E-state index < -0.39 is 17.6 Å². The van der Waals surface area contributed by atoms with Gasteiger partial charge in [-0.2, -0.15) is 13.2 Å². The Hall–Kier alpha value is -3.12. The van der Waals surface area contributed by atoms with Gasteiger partial charge in [0.15, 0.2) is 5.82 Å². The van der Waals surface area contributed by atoms with E-state index in [9.17, 15) is 18.0 Å². The van der Waals surface area contributed by atoms with Crippen LogP contribution in [0, 0.1) is 0 Å². The number of benzene rings is 2. The van der Waals surface area contributed by atoms with Crippen LogP contribution < -0.4 is 21.2 Å². The quantitative estimate of drug-likeness (QED) is 0.326. The number of amides is 1. The number of methoxy groups -OCH3 is 1. The van der Waals surface area contributed by atoms with Gasteiger partial charge in [0.05, 0.1) is 35.7 Å². The highest BCUT2D eigenvalue weighted by atomic mass is 35.5. The highest BCUT2D eigenvalue weighted by Gasteiger charge is 2.31. The number of hydrogen-bond acceptors (Lipinski definition) is 7. The monoisotopic (exact) mass is 486 g/mol. The van der Waals surface area contributed by atoms with Crippen molar-refractivity contribution in [3.63, 3.8) is 0 Å². The zero-order valence-electron chi connectivity index (χ0n) is 16.6. The maximum Gasteiger partial charge on any atom is 0.416 e. The minimum Gasteiger partial charge on any atom is -0.497 e. The third kappa shape index (κ3) is 5.98. The summed E-state index contributed by atoms with van der Waals surface area (Å²) in [4.78, 5) is 12.2. The van der Waals surface area contributed by atoms with Crippen LogP contribution in [0.4, 0.5) is 24.5 Å². The summed E-state index contributed by atoms with van der Waals surface area (Å²) in [6.07, 6.45) is -4.55. The van der Waals surface area contributed by atoms with Crippen LogP contribution in [0.1, 0.15) is 11.4 Å². The molecule has 0 aliphatic rings. The standard InChI is InChI=1S/C19H18ClF3N6O2S/c1-31-13-5-3-12(4-6-13)25-9-16-27-28-18(29(16)24)32-10-17(30)26-15-8-11(19(21,22)23)2-7-14(15)20/h2-8,25H,9-10,24H2,1H3,(H,26,30). The number of hydrogen-bond donors (Lipinski definition) is 3. The molecule has 8 nitrogen and oxygen atoms in total. The number of nitrogens with zero attached hydrogens (tertiary/aromatic N) is 3. The highest BCUT2D eigenvalue weighted by molar-refractivity contribution is 7.99. The van der Waals surface area contributed by atoms with E-state index in [0.29, 0.717) is 5.82 Å². The Labute approximate surface area is 190 Å². The molecule has 3 rings (SSSR count). The first-order chi connectivity index (χ1) is 15.2. The second kappa shape index (κ2) is 10.0. The number of alkyl halides is 3. The molecule has 13 heteroatoms. The fraction of sp³-hybridized carbons (Fsp3) is 0.211. The molecule has 0 saturated carbocycles. The van der Waals surface area contributed by atoms with E-state index >= 15 is 0 Å². The molecule has 0 bridgehead atoms. The fourth-order valence-corrected chi connectivity index (χ4v) is 3.37. The first-order valence-corrected chi connectivity index (χ1v) is 10.4. The van der Waals surface area contributed by atoms with E-state index in [1.54, 1.807) is 19.2 Å². The Bertz CT molecular complexity index is 1090. The maximum atomic E-state index is 12.9. The van der Waals surface area contributed by atoms with Gasteiger partial charge >= 0.3 is 6.18 Å². The molecule has 0 unspecified atom stereocenters. The molecule has 0 saturated heterocycles. The van der Waals surface area contributed by atoms with Gasteiger partial charge < -0.3 is 21.2 Å². The summed E-state index contributed by atoms with van der Waals surface area (Å²) in [6.45, 7) is 0.280. The number of aromatic nitrogens is 3. The SMILES string of the molecule is COc1ccc(NCc2nnc(SCC(=O)Nc3cc(C(F)(F)F)ccc3Cl)n2N)cc1. The number of thioether (sulfide) groups is 1. The molecule has 0 aliphatic heterocycles. The van der Waals surface area contributed by atoms with Gasteiger partial charge in [0.1, 0.15) is 5.75 Å². The molecule has 32 heavy (non-hydrogen) atoms. The van der Waals surface area contributed by atoms with Gasteiger partial charge in [-0.3, -0.25) is 4.79 Å². The van der Waals surface area contributed by atoms with Crippen molar-refractivity contribution in [2.24, 2.45) is 0 Å². The van der Waals surface area contributed by atoms with Crippen molar-refractivity contribution < 1.29 is 22.7 Å². The molecule has 170 valence electrons. The normalized spacial score (nSPS) is 11.3. The van der Waals surface area contributed by atoms with Gasteiger partial charge in [-0.25, -0.2) is 4.68 Å².